The number of hydrogen-bond donors (Lipinski definition) is 1. The second-order valence-corrected chi connectivity index (χ2v) is 6.97. The van der Waals surface area contributed by atoms with Gasteiger partial charge in [0.25, 0.3) is 0 Å². The number of nitrogens with zero attached hydrogens (tertiary/aromatic N) is 2. The lowest BCUT2D eigenvalue weighted by Gasteiger charge is -2.32. The Morgan fingerprint density at radius 1 is 1.15 bits per heavy atom. The zero-order chi connectivity index (χ0) is 18.5. The molecule has 5 heteroatoms. The number of piperidine rings is 1. The van der Waals surface area contributed by atoms with E-state index < -0.39 is 0 Å². The van der Waals surface area contributed by atoms with Crippen molar-refractivity contribution in [3.05, 3.63) is 72.8 Å². The van der Waals surface area contributed by atoms with Gasteiger partial charge in [-0.3, -0.25) is 14.7 Å². The first-order chi connectivity index (χ1) is 13.3. The molecule has 3 heterocycles. The van der Waals surface area contributed by atoms with Crippen LogP contribution < -0.4 is 5.32 Å². The first kappa shape index (κ1) is 17.5. The van der Waals surface area contributed by atoms with E-state index in [1.165, 1.54) is 5.56 Å². The molecule has 0 spiro atoms. The highest BCUT2D eigenvalue weighted by Gasteiger charge is 2.25. The number of carbonyl (C=O) groups excluding carboxylic acids is 1. The Balaban J connectivity index is 1.35. The van der Waals surface area contributed by atoms with E-state index in [2.05, 4.69) is 15.2 Å². The Labute approximate surface area is 159 Å². The summed E-state index contributed by atoms with van der Waals surface area (Å²) in [5, 5.41) is 3.06. The lowest BCUT2D eigenvalue weighted by atomic mass is 9.96. The van der Waals surface area contributed by atoms with Crippen LogP contribution in [0.15, 0.2) is 71.6 Å². The molecule has 138 valence electrons. The molecule has 1 atom stereocenters. The fourth-order valence-corrected chi connectivity index (χ4v) is 3.56. The van der Waals surface area contributed by atoms with Gasteiger partial charge in [-0.15, -0.1) is 0 Å². The molecular weight excluding hydrogens is 338 g/mol. The third-order valence-corrected chi connectivity index (χ3v) is 4.99. The third-order valence-electron chi connectivity index (χ3n) is 4.99. The number of nitrogens with one attached hydrogen (secondary N) is 1. The number of likely N-dealkylation sites (tertiary alicyclic amines) is 1. The summed E-state index contributed by atoms with van der Waals surface area (Å²) in [6.45, 7) is 2.69. The van der Waals surface area contributed by atoms with Gasteiger partial charge in [-0.2, -0.15) is 0 Å². The third kappa shape index (κ3) is 4.44. The Kier molecular flexibility index (Phi) is 5.30. The van der Waals surface area contributed by atoms with Crippen LogP contribution in [-0.2, 0) is 11.3 Å². The molecule has 2 aromatic heterocycles. The molecule has 0 aliphatic carbocycles. The van der Waals surface area contributed by atoms with Gasteiger partial charge in [-0.25, -0.2) is 0 Å². The SMILES string of the molecule is O=C(Nc1ccc(-c2ccco2)cc1)[C@@H]1CCCN(Cc2ccncc2)C1. The largest absolute Gasteiger partial charge is 0.464 e. The lowest BCUT2D eigenvalue weighted by molar-refractivity contribution is -0.121. The Hall–Kier alpha value is -2.92. The van der Waals surface area contributed by atoms with Gasteiger partial charge in [0.1, 0.15) is 5.76 Å². The minimum atomic E-state index is 0.0188. The van der Waals surface area contributed by atoms with Crippen molar-refractivity contribution in [2.45, 2.75) is 19.4 Å². The summed E-state index contributed by atoms with van der Waals surface area (Å²) in [5.74, 6) is 0.942. The number of pyridine rings is 1. The topological polar surface area (TPSA) is 58.4 Å². The van der Waals surface area contributed by atoms with Gasteiger partial charge in [0, 0.05) is 36.7 Å². The molecule has 4 rings (SSSR count). The Morgan fingerprint density at radius 3 is 2.70 bits per heavy atom. The Bertz CT molecular complexity index is 860. The summed E-state index contributed by atoms with van der Waals surface area (Å²) in [5.41, 5.74) is 3.06. The van der Waals surface area contributed by atoms with E-state index in [1.54, 1.807) is 6.26 Å². The number of furan rings is 1. The van der Waals surface area contributed by atoms with Crippen molar-refractivity contribution in [3.8, 4) is 11.3 Å². The summed E-state index contributed by atoms with van der Waals surface area (Å²) in [4.78, 5) is 19.1. The van der Waals surface area contributed by atoms with Crippen molar-refractivity contribution in [1.82, 2.24) is 9.88 Å². The van der Waals surface area contributed by atoms with Crippen molar-refractivity contribution < 1.29 is 9.21 Å². The van der Waals surface area contributed by atoms with E-state index in [0.717, 1.165) is 49.5 Å². The summed E-state index contributed by atoms with van der Waals surface area (Å²) >= 11 is 0. The molecule has 0 radical (unpaired) electrons. The molecule has 3 aromatic rings. The normalized spacial score (nSPS) is 17.6. The molecule has 1 saturated heterocycles. The average Bonchev–Trinajstić information content (AvgIpc) is 3.24. The quantitative estimate of drug-likeness (QED) is 0.740. The molecule has 1 aliphatic heterocycles. The average molecular weight is 361 g/mol. The van der Waals surface area contributed by atoms with E-state index in [1.807, 2.05) is 60.9 Å². The highest BCUT2D eigenvalue weighted by molar-refractivity contribution is 5.93. The molecule has 0 bridgehead atoms. The van der Waals surface area contributed by atoms with Crippen LogP contribution in [0.1, 0.15) is 18.4 Å². The predicted molar refractivity (Wildman–Crippen MR) is 105 cm³/mol. The second-order valence-electron chi connectivity index (χ2n) is 6.97. The van der Waals surface area contributed by atoms with Crippen LogP contribution in [0.4, 0.5) is 5.69 Å². The summed E-state index contributed by atoms with van der Waals surface area (Å²) < 4.78 is 5.40. The number of hydrogen-bond acceptors (Lipinski definition) is 4. The maximum absolute atomic E-state index is 12.7. The number of amides is 1. The predicted octanol–water partition coefficient (Wildman–Crippen LogP) is 4.19. The first-order valence-electron chi connectivity index (χ1n) is 9.34. The zero-order valence-electron chi connectivity index (χ0n) is 15.2. The molecule has 0 saturated carbocycles. The van der Waals surface area contributed by atoms with Gasteiger partial charge in [0.15, 0.2) is 0 Å². The van der Waals surface area contributed by atoms with Gasteiger partial charge < -0.3 is 9.73 Å². The van der Waals surface area contributed by atoms with Crippen LogP contribution in [0.2, 0.25) is 0 Å². The maximum atomic E-state index is 12.7. The molecule has 5 nitrogen and oxygen atoms in total. The second kappa shape index (κ2) is 8.18. The summed E-state index contributed by atoms with van der Waals surface area (Å²) in [6, 6.07) is 15.6. The number of anilines is 1. The fraction of sp³-hybridized carbons (Fsp3) is 0.273. The van der Waals surface area contributed by atoms with Crippen molar-refractivity contribution in [1.29, 1.82) is 0 Å². The van der Waals surface area contributed by atoms with Crippen LogP contribution in [0.3, 0.4) is 0 Å². The molecule has 1 amide bonds. The number of carbonyl (C=O) groups is 1. The molecule has 0 unspecified atom stereocenters. The van der Waals surface area contributed by atoms with Gasteiger partial charge in [-0.1, -0.05) is 0 Å². The van der Waals surface area contributed by atoms with E-state index in [9.17, 15) is 4.79 Å². The van der Waals surface area contributed by atoms with Gasteiger partial charge >= 0.3 is 0 Å². The van der Waals surface area contributed by atoms with Gasteiger partial charge in [0.2, 0.25) is 5.91 Å². The standard InChI is InChI=1S/C22H23N3O2/c26-22(24-20-7-5-18(6-8-20)21-4-2-14-27-21)19-3-1-13-25(16-19)15-17-9-11-23-12-10-17/h2,4-12,14,19H,1,3,13,15-16H2,(H,24,26)/t19-/m1/s1. The van der Waals surface area contributed by atoms with Crippen molar-refractivity contribution in [2.24, 2.45) is 5.92 Å². The lowest BCUT2D eigenvalue weighted by Crippen LogP contribution is -2.40. The Morgan fingerprint density at radius 2 is 1.96 bits per heavy atom. The number of aromatic nitrogens is 1. The number of rotatable bonds is 5. The fourth-order valence-electron chi connectivity index (χ4n) is 3.56. The monoisotopic (exact) mass is 361 g/mol. The molecular formula is C22H23N3O2. The van der Waals surface area contributed by atoms with E-state index in [4.69, 9.17) is 4.42 Å². The van der Waals surface area contributed by atoms with Crippen LogP contribution in [0.5, 0.6) is 0 Å². The van der Waals surface area contributed by atoms with Crippen LogP contribution in [-0.4, -0.2) is 28.9 Å². The van der Waals surface area contributed by atoms with E-state index in [0.29, 0.717) is 0 Å². The molecule has 27 heavy (non-hydrogen) atoms. The zero-order valence-corrected chi connectivity index (χ0v) is 15.2. The van der Waals surface area contributed by atoms with Crippen molar-refractivity contribution in [3.63, 3.8) is 0 Å². The minimum absolute atomic E-state index is 0.0188. The summed E-state index contributed by atoms with van der Waals surface area (Å²) in [6.07, 6.45) is 7.27. The molecule has 1 aromatic carbocycles. The minimum Gasteiger partial charge on any atom is -0.464 e. The van der Waals surface area contributed by atoms with Gasteiger partial charge in [0.05, 0.1) is 12.2 Å². The van der Waals surface area contributed by atoms with Gasteiger partial charge in [-0.05, 0) is 73.5 Å². The molecule has 1 N–H and O–H groups in total. The first-order valence-corrected chi connectivity index (χ1v) is 9.34. The highest BCUT2D eigenvalue weighted by Crippen LogP contribution is 2.23. The highest BCUT2D eigenvalue weighted by atomic mass is 16.3. The van der Waals surface area contributed by atoms with Crippen LogP contribution >= 0.6 is 0 Å². The molecule has 1 aliphatic rings. The summed E-state index contributed by atoms with van der Waals surface area (Å²) in [7, 11) is 0. The van der Waals surface area contributed by atoms with Crippen LogP contribution in [0.25, 0.3) is 11.3 Å². The smallest absolute Gasteiger partial charge is 0.228 e. The van der Waals surface area contributed by atoms with E-state index >= 15 is 0 Å². The van der Waals surface area contributed by atoms with Crippen LogP contribution in [0, 0.1) is 5.92 Å². The van der Waals surface area contributed by atoms with E-state index in [-0.39, 0.29) is 11.8 Å². The van der Waals surface area contributed by atoms with Crippen molar-refractivity contribution in [2.75, 3.05) is 18.4 Å². The molecule has 1 fully saturated rings. The van der Waals surface area contributed by atoms with Crippen molar-refractivity contribution >= 4 is 11.6 Å². The maximum Gasteiger partial charge on any atom is 0.228 e. The number of benzene rings is 1.